The van der Waals surface area contributed by atoms with Crippen LogP contribution < -0.4 is 0 Å². The van der Waals surface area contributed by atoms with Crippen molar-refractivity contribution in [3.63, 3.8) is 0 Å². The monoisotopic (exact) mass is 83.1 g/mol. The fourth-order valence-corrected chi connectivity index (χ4v) is 0.289. The van der Waals surface area contributed by atoms with Gasteiger partial charge in [0.15, 0.2) is 0 Å². The Balaban J connectivity index is 2.81. The molecule has 0 aromatic carbocycles. The van der Waals surface area contributed by atoms with Crippen molar-refractivity contribution in [2.75, 3.05) is 0 Å². The molecule has 0 heteroatoms. The zero-order valence-electron chi connectivity index (χ0n) is 4.49. The first-order valence-electron chi connectivity index (χ1n) is 2.27. The predicted molar refractivity (Wildman–Crippen MR) is 28.3 cm³/mol. The summed E-state index contributed by atoms with van der Waals surface area (Å²) >= 11 is 0. The average molecular weight is 83.2 g/mol. The van der Waals surface area contributed by atoms with Crippen molar-refractivity contribution >= 4 is 0 Å². The second-order valence-electron chi connectivity index (χ2n) is 1.85. The van der Waals surface area contributed by atoms with E-state index in [0.717, 1.165) is 12.3 Å². The van der Waals surface area contributed by atoms with Gasteiger partial charge in [-0.2, -0.15) is 6.42 Å². The minimum atomic E-state index is 0.725. The Morgan fingerprint density at radius 2 is 2.17 bits per heavy atom. The first-order valence-corrected chi connectivity index (χ1v) is 2.27. The Hall–Kier alpha value is -0.260. The molecule has 0 spiro atoms. The van der Waals surface area contributed by atoms with Gasteiger partial charge in [-0.3, -0.25) is 6.58 Å². The Morgan fingerprint density at radius 3 is 2.17 bits per heavy atom. The maximum Gasteiger partial charge on any atom is -0.0651 e. The van der Waals surface area contributed by atoms with Gasteiger partial charge in [0.1, 0.15) is 0 Å². The van der Waals surface area contributed by atoms with Gasteiger partial charge in [0.05, 0.1) is 0 Å². The van der Waals surface area contributed by atoms with Crippen LogP contribution >= 0.6 is 0 Å². The van der Waals surface area contributed by atoms with Gasteiger partial charge in [0.25, 0.3) is 0 Å². The lowest BCUT2D eigenvalue weighted by molar-refractivity contribution is 0.655. The Bertz CT molecular complexity index is 35.3. The highest BCUT2D eigenvalue weighted by atomic mass is 13.9. The predicted octanol–water partition coefficient (Wildman–Crippen LogP) is 2.02. The Morgan fingerprint density at radius 1 is 1.67 bits per heavy atom. The quantitative estimate of drug-likeness (QED) is 0.448. The minimum Gasteiger partial charge on any atom is -0.504 e. The van der Waals surface area contributed by atoms with Crippen LogP contribution in [0.5, 0.6) is 0 Å². The fraction of sp³-hybridized carbons (Fsp3) is 0.667. The van der Waals surface area contributed by atoms with Crippen LogP contribution in [0.2, 0.25) is 0 Å². The molecule has 0 N–H and O–H groups in total. The Labute approximate surface area is 39.9 Å². The van der Waals surface area contributed by atoms with Crippen LogP contribution in [-0.4, -0.2) is 0 Å². The summed E-state index contributed by atoms with van der Waals surface area (Å²) in [6.45, 7) is 7.78. The molecular weight excluding hydrogens is 72.1 g/mol. The summed E-state index contributed by atoms with van der Waals surface area (Å²) in [5.41, 5.74) is 0. The van der Waals surface area contributed by atoms with Gasteiger partial charge >= 0.3 is 0 Å². The molecule has 0 aromatic rings. The van der Waals surface area contributed by atoms with Crippen molar-refractivity contribution in [1.29, 1.82) is 0 Å². The fourth-order valence-electron chi connectivity index (χ4n) is 0.289. The van der Waals surface area contributed by atoms with Crippen molar-refractivity contribution in [1.82, 2.24) is 0 Å². The third kappa shape index (κ3) is 3.74. The van der Waals surface area contributed by atoms with Crippen LogP contribution in [0.3, 0.4) is 0 Å². The van der Waals surface area contributed by atoms with Gasteiger partial charge in [0.2, 0.25) is 0 Å². The summed E-state index contributed by atoms with van der Waals surface area (Å²) in [7, 11) is 0. The van der Waals surface area contributed by atoms with E-state index in [1.165, 1.54) is 0 Å². The van der Waals surface area contributed by atoms with Gasteiger partial charge in [-0.25, -0.2) is 0 Å². The first-order chi connectivity index (χ1) is 2.77. The molecule has 0 radical (unpaired) electrons. The summed E-state index contributed by atoms with van der Waals surface area (Å²) in [6.07, 6.45) is 3.83. The molecule has 0 saturated heterocycles. The van der Waals surface area contributed by atoms with Crippen LogP contribution in [0.1, 0.15) is 20.3 Å². The highest BCUT2D eigenvalue weighted by molar-refractivity contribution is 4.56. The largest absolute Gasteiger partial charge is 0.504 e. The van der Waals surface area contributed by atoms with Crippen molar-refractivity contribution in [3.8, 4) is 0 Å². The van der Waals surface area contributed by atoms with Crippen LogP contribution in [0.25, 0.3) is 0 Å². The third-order valence-corrected chi connectivity index (χ3v) is 0.553. The third-order valence-electron chi connectivity index (χ3n) is 0.553. The number of rotatable bonds is 2. The molecule has 36 valence electrons. The van der Waals surface area contributed by atoms with Crippen LogP contribution in [0, 0.1) is 12.0 Å². The van der Waals surface area contributed by atoms with Crippen molar-refractivity contribution < 1.29 is 0 Å². The zero-order valence-corrected chi connectivity index (χ0v) is 4.49. The molecule has 0 unspecified atom stereocenters. The van der Waals surface area contributed by atoms with E-state index in [-0.39, 0.29) is 0 Å². The molecular formula is C6H11-. The standard InChI is InChI=1S/C6H11/c1-4-5-6(2)3/h6H,1,5H2,2-3H3/q-1. The van der Waals surface area contributed by atoms with Gasteiger partial charge in [0, 0.05) is 0 Å². The highest BCUT2D eigenvalue weighted by Gasteiger charge is 1.74. The summed E-state index contributed by atoms with van der Waals surface area (Å²) < 4.78 is 0. The smallest absolute Gasteiger partial charge is 0.0651 e. The van der Waals surface area contributed by atoms with E-state index in [2.05, 4.69) is 26.5 Å². The molecule has 0 rings (SSSR count). The number of allylic oxidation sites excluding steroid dienone is 1. The molecule has 0 atom stereocenters. The second-order valence-corrected chi connectivity index (χ2v) is 1.85. The van der Waals surface area contributed by atoms with Gasteiger partial charge in [-0.05, 0) is 0 Å². The lowest BCUT2D eigenvalue weighted by atomic mass is 10.1. The highest BCUT2D eigenvalue weighted by Crippen LogP contribution is 1.95. The lowest BCUT2D eigenvalue weighted by Crippen LogP contribution is -1.79. The van der Waals surface area contributed by atoms with E-state index >= 15 is 0 Å². The molecule has 0 saturated carbocycles. The van der Waals surface area contributed by atoms with E-state index < -0.39 is 0 Å². The summed E-state index contributed by atoms with van der Waals surface area (Å²) in [4.78, 5) is 0. The molecule has 0 aromatic heterocycles. The Kier molecular flexibility index (Phi) is 2.82. The van der Waals surface area contributed by atoms with E-state index in [1.54, 1.807) is 0 Å². The molecule has 0 amide bonds. The van der Waals surface area contributed by atoms with Gasteiger partial charge in [-0.1, -0.05) is 19.8 Å². The normalized spacial score (nSPS) is 9.17. The molecule has 0 aliphatic carbocycles. The van der Waals surface area contributed by atoms with Crippen molar-refractivity contribution in [2.24, 2.45) is 5.92 Å². The SMILES string of the molecule is C=[C-]CC(C)C. The van der Waals surface area contributed by atoms with Crippen LogP contribution in [0.15, 0.2) is 6.58 Å². The van der Waals surface area contributed by atoms with E-state index in [4.69, 9.17) is 0 Å². The number of hydrogen-bond acceptors (Lipinski definition) is 0. The van der Waals surface area contributed by atoms with Gasteiger partial charge in [-0.15, -0.1) is 0 Å². The number of hydrogen-bond donors (Lipinski definition) is 0. The summed E-state index contributed by atoms with van der Waals surface area (Å²) in [5, 5.41) is 0. The van der Waals surface area contributed by atoms with E-state index in [0.29, 0.717) is 0 Å². The molecule has 0 aliphatic rings. The molecule has 0 aliphatic heterocycles. The second kappa shape index (κ2) is 2.95. The van der Waals surface area contributed by atoms with E-state index in [9.17, 15) is 0 Å². The molecule has 0 fully saturated rings. The van der Waals surface area contributed by atoms with Crippen LogP contribution in [-0.2, 0) is 0 Å². The van der Waals surface area contributed by atoms with Gasteiger partial charge < -0.3 is 6.08 Å². The van der Waals surface area contributed by atoms with Crippen molar-refractivity contribution in [2.45, 2.75) is 20.3 Å². The topological polar surface area (TPSA) is 0 Å². The maximum absolute atomic E-state index is 3.48. The molecule has 6 heavy (non-hydrogen) atoms. The first kappa shape index (κ1) is 5.74. The molecule has 0 heterocycles. The van der Waals surface area contributed by atoms with E-state index in [1.807, 2.05) is 0 Å². The van der Waals surface area contributed by atoms with Crippen molar-refractivity contribution in [3.05, 3.63) is 12.7 Å². The summed E-state index contributed by atoms with van der Waals surface area (Å²) in [6, 6.07) is 0. The average Bonchev–Trinajstić information content (AvgIpc) is 1.35. The maximum atomic E-state index is 3.48. The van der Waals surface area contributed by atoms with Crippen LogP contribution in [0.4, 0.5) is 0 Å². The zero-order chi connectivity index (χ0) is 4.99. The lowest BCUT2D eigenvalue weighted by Gasteiger charge is -2.04. The molecule has 0 nitrogen and oxygen atoms in total. The summed E-state index contributed by atoms with van der Waals surface area (Å²) in [5.74, 6) is 0.725. The molecule has 0 bridgehead atoms. The minimum absolute atomic E-state index is 0.725.